The van der Waals surface area contributed by atoms with Crippen LogP contribution in [-0.2, 0) is 12.8 Å². The molecule has 0 radical (unpaired) electrons. The fraction of sp³-hybridized carbons (Fsp3) is 0.467. The Morgan fingerprint density at radius 3 is 2.89 bits per heavy atom. The molecule has 0 aliphatic heterocycles. The van der Waals surface area contributed by atoms with Crippen LogP contribution in [0.25, 0.3) is 0 Å². The molecule has 0 saturated heterocycles. The maximum Gasteiger partial charge on any atom is 0.103 e. The van der Waals surface area contributed by atoms with Gasteiger partial charge in [0.2, 0.25) is 0 Å². The zero-order valence-corrected chi connectivity index (χ0v) is 12.8. The second-order valence-corrected chi connectivity index (χ2v) is 6.48. The molecule has 0 saturated carbocycles. The number of aryl methyl sites for hydroxylation is 1. The third kappa shape index (κ3) is 5.01. The molecule has 1 unspecified atom stereocenters. The Balaban J connectivity index is 1.87. The van der Waals surface area contributed by atoms with Crippen LogP contribution in [0.1, 0.15) is 30.4 Å². The van der Waals surface area contributed by atoms with Gasteiger partial charge in [0.15, 0.2) is 0 Å². The number of hydrogen-bond donors (Lipinski definition) is 1. The van der Waals surface area contributed by atoms with Crippen LogP contribution in [0.15, 0.2) is 34.9 Å². The lowest BCUT2D eigenvalue weighted by Crippen LogP contribution is -2.32. The summed E-state index contributed by atoms with van der Waals surface area (Å²) in [5, 5.41) is 3.61. The first kappa shape index (κ1) is 14.6. The van der Waals surface area contributed by atoms with Crippen molar-refractivity contribution in [1.82, 2.24) is 5.32 Å². The lowest BCUT2D eigenvalue weighted by molar-refractivity contribution is 0.442. The Hall–Kier alpha value is -0.770. The van der Waals surface area contributed by atoms with E-state index in [1.54, 1.807) is 17.6 Å². The molecule has 0 fully saturated rings. The Labute approximate surface area is 123 Å². The van der Waals surface area contributed by atoms with Crippen molar-refractivity contribution in [3.63, 3.8) is 0 Å². The highest BCUT2D eigenvalue weighted by Gasteiger charge is 2.11. The maximum absolute atomic E-state index is 5.99. The molecule has 0 spiro atoms. The van der Waals surface area contributed by atoms with Crippen LogP contribution >= 0.6 is 22.9 Å². The van der Waals surface area contributed by atoms with E-state index in [0.29, 0.717) is 6.04 Å². The highest BCUT2D eigenvalue weighted by atomic mass is 35.5. The van der Waals surface area contributed by atoms with Crippen molar-refractivity contribution in [3.8, 4) is 0 Å². The molecular formula is C15H20ClNOS. The molecule has 104 valence electrons. The zero-order valence-electron chi connectivity index (χ0n) is 11.2. The van der Waals surface area contributed by atoms with Gasteiger partial charge in [0.25, 0.3) is 0 Å². The van der Waals surface area contributed by atoms with Gasteiger partial charge in [0, 0.05) is 17.3 Å². The van der Waals surface area contributed by atoms with E-state index >= 15 is 0 Å². The summed E-state index contributed by atoms with van der Waals surface area (Å²) in [4.78, 5) is 1.35. The Kier molecular flexibility index (Phi) is 5.95. The quantitative estimate of drug-likeness (QED) is 0.774. The lowest BCUT2D eigenvalue weighted by Gasteiger charge is -2.17. The second kappa shape index (κ2) is 7.73. The van der Waals surface area contributed by atoms with Crippen molar-refractivity contribution in [3.05, 3.63) is 45.5 Å². The molecule has 2 heterocycles. The summed E-state index contributed by atoms with van der Waals surface area (Å²) in [5.74, 6) is 1.06. The summed E-state index contributed by atoms with van der Waals surface area (Å²) >= 11 is 7.66. The second-order valence-electron chi connectivity index (χ2n) is 4.68. The minimum Gasteiger partial charge on any atom is -0.469 e. The van der Waals surface area contributed by atoms with Crippen molar-refractivity contribution in [2.45, 2.75) is 38.6 Å². The van der Waals surface area contributed by atoms with Gasteiger partial charge in [-0.1, -0.05) is 18.5 Å². The molecular weight excluding hydrogens is 278 g/mol. The van der Waals surface area contributed by atoms with E-state index in [2.05, 4.69) is 18.3 Å². The third-order valence-corrected chi connectivity index (χ3v) is 4.33. The summed E-state index contributed by atoms with van der Waals surface area (Å²) in [6, 6.07) is 8.58. The van der Waals surface area contributed by atoms with E-state index in [4.69, 9.17) is 16.0 Å². The molecule has 0 bridgehead atoms. The Morgan fingerprint density at radius 2 is 2.26 bits per heavy atom. The SMILES string of the molecule is CCCNC(CCc1ccco1)Cc1ccc(Cl)s1. The van der Waals surface area contributed by atoms with E-state index in [-0.39, 0.29) is 0 Å². The van der Waals surface area contributed by atoms with Gasteiger partial charge in [0.05, 0.1) is 10.6 Å². The fourth-order valence-corrected chi connectivity index (χ4v) is 3.27. The standard InChI is InChI=1S/C15H20ClNOS/c1-2-9-17-12(5-6-13-4-3-10-18-13)11-14-7-8-15(16)19-14/h3-4,7-8,10,12,17H,2,5-6,9,11H2,1H3. The average molecular weight is 298 g/mol. The van der Waals surface area contributed by atoms with Crippen molar-refractivity contribution in [2.24, 2.45) is 0 Å². The molecule has 0 aliphatic rings. The number of furan rings is 1. The van der Waals surface area contributed by atoms with Gasteiger partial charge < -0.3 is 9.73 Å². The summed E-state index contributed by atoms with van der Waals surface area (Å²) < 4.78 is 6.27. The zero-order chi connectivity index (χ0) is 13.5. The van der Waals surface area contributed by atoms with E-state index in [1.165, 1.54) is 4.88 Å². The first-order valence-electron chi connectivity index (χ1n) is 6.78. The molecule has 0 amide bonds. The molecule has 4 heteroatoms. The first-order chi connectivity index (χ1) is 9.28. The molecule has 0 aromatic carbocycles. The Bertz CT molecular complexity index is 466. The van der Waals surface area contributed by atoms with E-state index in [9.17, 15) is 0 Å². The van der Waals surface area contributed by atoms with Crippen LogP contribution in [0.5, 0.6) is 0 Å². The maximum atomic E-state index is 5.99. The predicted molar refractivity (Wildman–Crippen MR) is 82.1 cm³/mol. The summed E-state index contributed by atoms with van der Waals surface area (Å²) in [7, 11) is 0. The van der Waals surface area contributed by atoms with Crippen LogP contribution < -0.4 is 5.32 Å². The summed E-state index contributed by atoms with van der Waals surface area (Å²) in [6.45, 7) is 3.25. The average Bonchev–Trinajstić information content (AvgIpc) is 3.04. The van der Waals surface area contributed by atoms with Crippen molar-refractivity contribution >= 4 is 22.9 Å². The van der Waals surface area contributed by atoms with Gasteiger partial charge in [-0.25, -0.2) is 0 Å². The van der Waals surface area contributed by atoms with E-state index < -0.39 is 0 Å². The van der Waals surface area contributed by atoms with Crippen LogP contribution in [0.4, 0.5) is 0 Å². The van der Waals surface area contributed by atoms with Crippen LogP contribution in [-0.4, -0.2) is 12.6 Å². The predicted octanol–water partition coefficient (Wildman–Crippen LogP) is 4.54. The topological polar surface area (TPSA) is 25.2 Å². The van der Waals surface area contributed by atoms with Gasteiger partial charge in [-0.3, -0.25) is 0 Å². The van der Waals surface area contributed by atoms with Crippen LogP contribution in [0, 0.1) is 0 Å². The van der Waals surface area contributed by atoms with E-state index in [0.717, 1.165) is 42.3 Å². The van der Waals surface area contributed by atoms with Crippen molar-refractivity contribution in [2.75, 3.05) is 6.54 Å². The van der Waals surface area contributed by atoms with Crippen LogP contribution in [0.3, 0.4) is 0 Å². The smallest absolute Gasteiger partial charge is 0.103 e. The number of hydrogen-bond acceptors (Lipinski definition) is 3. The molecule has 0 aliphatic carbocycles. The number of halogens is 1. The first-order valence-corrected chi connectivity index (χ1v) is 7.97. The largest absolute Gasteiger partial charge is 0.469 e. The lowest BCUT2D eigenvalue weighted by atomic mass is 10.1. The normalized spacial score (nSPS) is 12.7. The number of thiophene rings is 1. The number of nitrogens with one attached hydrogen (secondary N) is 1. The molecule has 1 atom stereocenters. The fourth-order valence-electron chi connectivity index (χ4n) is 2.10. The third-order valence-electron chi connectivity index (χ3n) is 3.08. The monoisotopic (exact) mass is 297 g/mol. The van der Waals surface area contributed by atoms with E-state index in [1.807, 2.05) is 18.2 Å². The van der Waals surface area contributed by atoms with Crippen molar-refractivity contribution in [1.29, 1.82) is 0 Å². The van der Waals surface area contributed by atoms with Crippen LogP contribution in [0.2, 0.25) is 4.34 Å². The highest BCUT2D eigenvalue weighted by molar-refractivity contribution is 7.16. The van der Waals surface area contributed by atoms with Crippen molar-refractivity contribution < 1.29 is 4.42 Å². The molecule has 2 nitrogen and oxygen atoms in total. The summed E-state index contributed by atoms with van der Waals surface area (Å²) in [5.41, 5.74) is 0. The minimum atomic E-state index is 0.486. The molecule has 2 rings (SSSR count). The Morgan fingerprint density at radius 1 is 1.37 bits per heavy atom. The minimum absolute atomic E-state index is 0.486. The van der Waals surface area contributed by atoms with Gasteiger partial charge in [-0.05, 0) is 50.1 Å². The number of rotatable bonds is 8. The summed E-state index contributed by atoms with van der Waals surface area (Å²) in [6.07, 6.45) is 6.00. The van der Waals surface area contributed by atoms with Gasteiger partial charge >= 0.3 is 0 Å². The van der Waals surface area contributed by atoms with Gasteiger partial charge in [0.1, 0.15) is 5.76 Å². The molecule has 19 heavy (non-hydrogen) atoms. The molecule has 1 N–H and O–H groups in total. The molecule has 2 aromatic heterocycles. The van der Waals surface area contributed by atoms with Gasteiger partial charge in [-0.2, -0.15) is 0 Å². The highest BCUT2D eigenvalue weighted by Crippen LogP contribution is 2.23. The molecule has 2 aromatic rings. The van der Waals surface area contributed by atoms with Gasteiger partial charge in [-0.15, -0.1) is 11.3 Å².